The van der Waals surface area contributed by atoms with Gasteiger partial charge in [0.1, 0.15) is 0 Å². The summed E-state index contributed by atoms with van der Waals surface area (Å²) in [6.45, 7) is 4.13. The Morgan fingerprint density at radius 1 is 1.40 bits per heavy atom. The van der Waals surface area contributed by atoms with Crippen molar-refractivity contribution in [1.29, 1.82) is 0 Å². The third-order valence-corrected chi connectivity index (χ3v) is 3.04. The van der Waals surface area contributed by atoms with Crippen LogP contribution in [0.25, 0.3) is 0 Å². The van der Waals surface area contributed by atoms with E-state index in [1.165, 1.54) is 0 Å². The van der Waals surface area contributed by atoms with Gasteiger partial charge in [0.2, 0.25) is 5.91 Å². The molecule has 1 aromatic rings. The maximum Gasteiger partial charge on any atom is 0.317 e. The Kier molecular flexibility index (Phi) is 6.48. The predicted molar refractivity (Wildman–Crippen MR) is 79.0 cm³/mol. The van der Waals surface area contributed by atoms with Gasteiger partial charge in [0.15, 0.2) is 0 Å². The zero-order valence-electron chi connectivity index (χ0n) is 11.6. The molecule has 20 heavy (non-hydrogen) atoms. The van der Waals surface area contributed by atoms with E-state index in [1.807, 2.05) is 13.8 Å². The molecule has 0 bridgehead atoms. The monoisotopic (exact) mass is 298 g/mol. The second kappa shape index (κ2) is 7.87. The summed E-state index contributed by atoms with van der Waals surface area (Å²) in [5, 5.41) is 12.1. The van der Waals surface area contributed by atoms with Gasteiger partial charge in [0.05, 0.1) is 6.54 Å². The van der Waals surface area contributed by atoms with E-state index in [-0.39, 0.29) is 24.9 Å². The molecule has 0 heterocycles. The summed E-state index contributed by atoms with van der Waals surface area (Å²) in [5.74, 6) is -1.06. The number of halogens is 1. The lowest BCUT2D eigenvalue weighted by atomic mass is 10.2. The number of nitrogens with zero attached hydrogens (tertiary/aromatic N) is 1. The van der Waals surface area contributed by atoms with Crippen LogP contribution < -0.4 is 5.32 Å². The topological polar surface area (TPSA) is 69.6 Å². The minimum Gasteiger partial charge on any atom is -0.480 e. The van der Waals surface area contributed by atoms with E-state index in [2.05, 4.69) is 5.32 Å². The van der Waals surface area contributed by atoms with Gasteiger partial charge in [-0.3, -0.25) is 14.5 Å². The Morgan fingerprint density at radius 2 is 2.10 bits per heavy atom. The first kappa shape index (κ1) is 16.5. The highest BCUT2D eigenvalue weighted by Gasteiger charge is 2.14. The summed E-state index contributed by atoms with van der Waals surface area (Å²) in [7, 11) is 0. The molecule has 1 aromatic carbocycles. The van der Waals surface area contributed by atoms with E-state index < -0.39 is 5.97 Å². The lowest BCUT2D eigenvalue weighted by Gasteiger charge is -2.24. The highest BCUT2D eigenvalue weighted by Crippen LogP contribution is 2.15. The van der Waals surface area contributed by atoms with Crippen LogP contribution in [0.5, 0.6) is 0 Å². The molecule has 0 radical (unpaired) electrons. The average Bonchev–Trinajstić information content (AvgIpc) is 2.33. The van der Waals surface area contributed by atoms with Crippen molar-refractivity contribution in [3.8, 4) is 0 Å². The van der Waals surface area contributed by atoms with Crippen molar-refractivity contribution in [1.82, 2.24) is 4.90 Å². The van der Waals surface area contributed by atoms with Crippen LogP contribution in [0.3, 0.4) is 0 Å². The zero-order chi connectivity index (χ0) is 15.1. The Morgan fingerprint density at radius 3 is 2.65 bits per heavy atom. The van der Waals surface area contributed by atoms with Crippen molar-refractivity contribution in [2.75, 3.05) is 18.4 Å². The maximum atomic E-state index is 11.8. The van der Waals surface area contributed by atoms with Crippen molar-refractivity contribution in [3.63, 3.8) is 0 Å². The third-order valence-electron chi connectivity index (χ3n) is 2.80. The number of benzene rings is 1. The van der Waals surface area contributed by atoms with Crippen LogP contribution in [0.1, 0.15) is 20.3 Å². The normalized spacial score (nSPS) is 10.8. The van der Waals surface area contributed by atoms with Crippen LogP contribution in [0.4, 0.5) is 5.69 Å². The minimum atomic E-state index is -0.894. The number of carbonyl (C=O) groups excluding carboxylic acids is 1. The van der Waals surface area contributed by atoms with E-state index in [4.69, 9.17) is 16.7 Å². The minimum absolute atomic E-state index is 0.0673. The van der Waals surface area contributed by atoms with Gasteiger partial charge in [-0.25, -0.2) is 0 Å². The second-order valence-electron chi connectivity index (χ2n) is 4.77. The predicted octanol–water partition coefficient (Wildman–Crippen LogP) is 2.46. The van der Waals surface area contributed by atoms with Crippen LogP contribution in [0.2, 0.25) is 5.02 Å². The Bertz CT molecular complexity index is 477. The van der Waals surface area contributed by atoms with E-state index >= 15 is 0 Å². The molecule has 1 rings (SSSR count). The first-order valence-corrected chi connectivity index (χ1v) is 6.77. The van der Waals surface area contributed by atoms with Crippen molar-refractivity contribution in [2.45, 2.75) is 26.3 Å². The molecule has 2 N–H and O–H groups in total. The number of aliphatic carboxylic acids is 1. The van der Waals surface area contributed by atoms with Crippen LogP contribution >= 0.6 is 11.6 Å². The largest absolute Gasteiger partial charge is 0.480 e. The smallest absolute Gasteiger partial charge is 0.317 e. The summed E-state index contributed by atoms with van der Waals surface area (Å²) in [4.78, 5) is 24.3. The van der Waals surface area contributed by atoms with Gasteiger partial charge in [-0.1, -0.05) is 17.7 Å². The molecule has 0 unspecified atom stereocenters. The van der Waals surface area contributed by atoms with Gasteiger partial charge in [-0.2, -0.15) is 0 Å². The molecule has 1 amide bonds. The van der Waals surface area contributed by atoms with Gasteiger partial charge in [0, 0.05) is 29.7 Å². The summed E-state index contributed by atoms with van der Waals surface area (Å²) >= 11 is 5.83. The second-order valence-corrected chi connectivity index (χ2v) is 5.20. The van der Waals surface area contributed by atoms with Crippen LogP contribution in [0.15, 0.2) is 24.3 Å². The summed E-state index contributed by atoms with van der Waals surface area (Å²) in [6.07, 6.45) is 0.234. The molecule has 0 spiro atoms. The molecule has 0 saturated carbocycles. The van der Waals surface area contributed by atoms with E-state index in [0.29, 0.717) is 17.3 Å². The number of rotatable bonds is 7. The maximum absolute atomic E-state index is 11.8. The van der Waals surface area contributed by atoms with Crippen molar-refractivity contribution in [3.05, 3.63) is 29.3 Å². The SMILES string of the molecule is CC(C)N(CCC(=O)Nc1cccc(Cl)c1)CC(=O)O. The summed E-state index contributed by atoms with van der Waals surface area (Å²) in [6, 6.07) is 6.97. The molecule has 0 atom stereocenters. The number of carbonyl (C=O) groups is 2. The molecule has 6 heteroatoms. The standard InChI is InChI=1S/C14H19ClN2O3/c1-10(2)17(9-14(19)20)7-6-13(18)16-12-5-3-4-11(15)8-12/h3-5,8,10H,6-7,9H2,1-2H3,(H,16,18)(H,19,20). The third kappa shape index (κ3) is 6.04. The molecule has 5 nitrogen and oxygen atoms in total. The lowest BCUT2D eigenvalue weighted by molar-refractivity contribution is -0.139. The van der Waals surface area contributed by atoms with Crippen molar-refractivity contribution in [2.24, 2.45) is 0 Å². The molecule has 0 saturated heterocycles. The van der Waals surface area contributed by atoms with E-state index in [0.717, 1.165) is 0 Å². The lowest BCUT2D eigenvalue weighted by Crippen LogP contribution is -2.37. The van der Waals surface area contributed by atoms with Crippen molar-refractivity contribution >= 4 is 29.2 Å². The highest BCUT2D eigenvalue weighted by atomic mass is 35.5. The van der Waals surface area contributed by atoms with Crippen LogP contribution in [0, 0.1) is 0 Å². The first-order chi connectivity index (χ1) is 9.38. The number of anilines is 1. The number of hydrogen-bond donors (Lipinski definition) is 2. The number of carboxylic acids is 1. The van der Waals surface area contributed by atoms with E-state index in [9.17, 15) is 9.59 Å². The molecular weight excluding hydrogens is 280 g/mol. The van der Waals surface area contributed by atoms with Gasteiger partial charge in [-0.05, 0) is 32.0 Å². The van der Waals surface area contributed by atoms with Gasteiger partial charge < -0.3 is 10.4 Å². The molecular formula is C14H19ClN2O3. The Labute approximate surface area is 123 Å². The van der Waals surface area contributed by atoms with Crippen LogP contribution in [-0.2, 0) is 9.59 Å². The summed E-state index contributed by atoms with van der Waals surface area (Å²) < 4.78 is 0. The molecule has 0 aromatic heterocycles. The fraction of sp³-hybridized carbons (Fsp3) is 0.429. The number of hydrogen-bond acceptors (Lipinski definition) is 3. The average molecular weight is 299 g/mol. The Hall–Kier alpha value is -1.59. The van der Waals surface area contributed by atoms with Crippen molar-refractivity contribution < 1.29 is 14.7 Å². The van der Waals surface area contributed by atoms with Gasteiger partial charge in [0.25, 0.3) is 0 Å². The molecule has 0 fully saturated rings. The number of nitrogens with one attached hydrogen (secondary N) is 1. The molecule has 0 aliphatic heterocycles. The quantitative estimate of drug-likeness (QED) is 0.811. The van der Waals surface area contributed by atoms with Gasteiger partial charge in [-0.15, -0.1) is 0 Å². The zero-order valence-corrected chi connectivity index (χ0v) is 12.4. The fourth-order valence-corrected chi connectivity index (χ4v) is 1.92. The number of amides is 1. The van der Waals surface area contributed by atoms with Crippen LogP contribution in [-0.4, -0.2) is 41.0 Å². The number of carboxylic acid groups (broad SMARTS) is 1. The molecule has 0 aliphatic rings. The highest BCUT2D eigenvalue weighted by molar-refractivity contribution is 6.30. The first-order valence-electron chi connectivity index (χ1n) is 6.39. The fourth-order valence-electron chi connectivity index (χ4n) is 1.73. The molecule has 110 valence electrons. The van der Waals surface area contributed by atoms with E-state index in [1.54, 1.807) is 29.2 Å². The summed E-state index contributed by atoms with van der Waals surface area (Å²) in [5.41, 5.74) is 0.636. The molecule has 0 aliphatic carbocycles. The Balaban J connectivity index is 2.47. The van der Waals surface area contributed by atoms with Gasteiger partial charge >= 0.3 is 5.97 Å².